The van der Waals surface area contributed by atoms with E-state index in [2.05, 4.69) is 157 Å². The molecule has 0 saturated heterocycles. The molecule has 0 atom stereocenters. The molecule has 0 saturated carbocycles. The fraction of sp³-hybridized carbons (Fsp3) is 0.385. The molecule has 3 heteroatoms. The monoisotopic (exact) mass is 840 g/mol. The standard InChI is InChI=1S/C39H39BrI2/c1-7-37(8-2)28-19-22(40)13-16-25(28)31-34(37)32-26-17-14-23(41)20-29(26)39(11-5,12-6)36(32)33-27-18-15-24(42)21-30(27)38(9-3,10-4)35(31)33/h13-21H,7-12H2,1-6H3. The minimum atomic E-state index is -0.0121. The van der Waals surface area contributed by atoms with Crippen molar-refractivity contribution in [3.05, 3.63) is 99.6 Å². The number of benzene rings is 4. The van der Waals surface area contributed by atoms with Gasteiger partial charge in [-0.25, -0.2) is 0 Å². The molecule has 0 nitrogen and oxygen atoms in total. The highest BCUT2D eigenvalue weighted by molar-refractivity contribution is 14.1. The Labute approximate surface area is 287 Å². The summed E-state index contributed by atoms with van der Waals surface area (Å²) in [6.07, 6.45) is 6.66. The fourth-order valence-corrected chi connectivity index (χ4v) is 11.1. The lowest BCUT2D eigenvalue weighted by Gasteiger charge is -2.37. The van der Waals surface area contributed by atoms with Gasteiger partial charge in [-0.3, -0.25) is 0 Å². The molecule has 4 aromatic rings. The molecule has 0 spiro atoms. The molecular weight excluding hydrogens is 802 g/mol. The van der Waals surface area contributed by atoms with Gasteiger partial charge in [0.15, 0.2) is 0 Å². The topological polar surface area (TPSA) is 0 Å². The van der Waals surface area contributed by atoms with Crippen molar-refractivity contribution < 1.29 is 0 Å². The molecule has 0 aromatic heterocycles. The van der Waals surface area contributed by atoms with Crippen LogP contribution >= 0.6 is 61.1 Å². The number of fused-ring (bicyclic) bond motifs is 12. The van der Waals surface area contributed by atoms with Gasteiger partial charge in [0, 0.05) is 27.9 Å². The molecule has 3 aliphatic rings. The quantitative estimate of drug-likeness (QED) is 0.170. The highest BCUT2D eigenvalue weighted by Gasteiger charge is 2.56. The second-order valence-electron chi connectivity index (χ2n) is 12.7. The van der Waals surface area contributed by atoms with Crippen LogP contribution in [-0.2, 0) is 16.2 Å². The number of hydrogen-bond acceptors (Lipinski definition) is 0. The van der Waals surface area contributed by atoms with Crippen LogP contribution in [0, 0.1) is 7.14 Å². The van der Waals surface area contributed by atoms with Crippen LogP contribution in [0.1, 0.15) is 113 Å². The van der Waals surface area contributed by atoms with Gasteiger partial charge < -0.3 is 0 Å². The first kappa shape index (κ1) is 29.5. The van der Waals surface area contributed by atoms with E-state index in [4.69, 9.17) is 0 Å². The Hall–Kier alpha value is -1.18. The highest BCUT2D eigenvalue weighted by Crippen LogP contribution is 2.70. The Morgan fingerprint density at radius 2 is 0.786 bits per heavy atom. The van der Waals surface area contributed by atoms with E-state index in [1.807, 2.05) is 0 Å². The van der Waals surface area contributed by atoms with Gasteiger partial charge in [-0.05, 0) is 187 Å². The third kappa shape index (κ3) is 3.40. The molecule has 0 radical (unpaired) electrons. The lowest BCUT2D eigenvalue weighted by molar-refractivity contribution is 0.473. The van der Waals surface area contributed by atoms with Crippen molar-refractivity contribution in [3.63, 3.8) is 0 Å². The maximum absolute atomic E-state index is 3.90. The summed E-state index contributed by atoms with van der Waals surface area (Å²) in [5.74, 6) is 0. The van der Waals surface area contributed by atoms with Crippen LogP contribution in [0.4, 0.5) is 0 Å². The van der Waals surface area contributed by atoms with E-state index >= 15 is 0 Å². The molecule has 0 aliphatic heterocycles. The van der Waals surface area contributed by atoms with Crippen LogP contribution in [0.2, 0.25) is 0 Å². The lowest BCUT2D eigenvalue weighted by atomic mass is 9.65. The molecule has 42 heavy (non-hydrogen) atoms. The van der Waals surface area contributed by atoms with E-state index in [1.54, 1.807) is 44.5 Å². The van der Waals surface area contributed by atoms with Crippen molar-refractivity contribution >= 4 is 61.1 Å². The molecule has 216 valence electrons. The van der Waals surface area contributed by atoms with Gasteiger partial charge in [0.05, 0.1) is 0 Å². The second-order valence-corrected chi connectivity index (χ2v) is 16.1. The van der Waals surface area contributed by atoms with Crippen LogP contribution in [-0.4, -0.2) is 0 Å². The van der Waals surface area contributed by atoms with E-state index in [-0.39, 0.29) is 16.2 Å². The van der Waals surface area contributed by atoms with Crippen LogP contribution in [0.25, 0.3) is 33.4 Å². The normalized spacial score (nSPS) is 17.4. The Morgan fingerprint density at radius 3 is 1.12 bits per heavy atom. The number of halogens is 3. The van der Waals surface area contributed by atoms with Gasteiger partial charge in [0.1, 0.15) is 0 Å². The van der Waals surface area contributed by atoms with E-state index in [0.717, 1.165) is 38.5 Å². The Bertz CT molecular complexity index is 1550. The Kier molecular flexibility index (Phi) is 7.15. The molecule has 7 rings (SSSR count). The van der Waals surface area contributed by atoms with E-state index < -0.39 is 0 Å². The molecule has 0 heterocycles. The molecule has 0 bridgehead atoms. The molecule has 0 fully saturated rings. The van der Waals surface area contributed by atoms with Crippen LogP contribution < -0.4 is 0 Å². The van der Waals surface area contributed by atoms with Crippen molar-refractivity contribution in [1.82, 2.24) is 0 Å². The zero-order valence-corrected chi connectivity index (χ0v) is 31.5. The first-order valence-corrected chi connectivity index (χ1v) is 18.8. The summed E-state index contributed by atoms with van der Waals surface area (Å²) in [5, 5.41) is 0. The van der Waals surface area contributed by atoms with E-state index in [1.165, 1.54) is 33.9 Å². The van der Waals surface area contributed by atoms with Gasteiger partial charge in [-0.1, -0.05) is 75.7 Å². The van der Waals surface area contributed by atoms with Crippen molar-refractivity contribution in [3.8, 4) is 33.4 Å². The zero-order valence-electron chi connectivity index (χ0n) is 25.6. The van der Waals surface area contributed by atoms with Crippen molar-refractivity contribution in [2.75, 3.05) is 0 Å². The number of rotatable bonds is 6. The molecular formula is C39H39BrI2. The third-order valence-corrected chi connectivity index (χ3v) is 13.7. The molecule has 3 aliphatic carbocycles. The van der Waals surface area contributed by atoms with Crippen LogP contribution in [0.15, 0.2) is 59.1 Å². The largest absolute Gasteiger partial charge is 0.0642 e. The van der Waals surface area contributed by atoms with Crippen molar-refractivity contribution in [1.29, 1.82) is 0 Å². The summed E-state index contributed by atoms with van der Waals surface area (Å²) >= 11 is 8.97. The van der Waals surface area contributed by atoms with Gasteiger partial charge in [-0.15, -0.1) is 0 Å². The second kappa shape index (κ2) is 10.2. The Balaban J connectivity index is 1.81. The first-order chi connectivity index (χ1) is 20.2. The first-order valence-electron chi connectivity index (χ1n) is 15.9. The van der Waals surface area contributed by atoms with Crippen molar-refractivity contribution in [2.24, 2.45) is 0 Å². The zero-order chi connectivity index (χ0) is 29.8. The maximum atomic E-state index is 3.90. The minimum absolute atomic E-state index is 0.00326. The minimum Gasteiger partial charge on any atom is -0.0642 e. The fourth-order valence-electron chi connectivity index (χ4n) is 9.74. The van der Waals surface area contributed by atoms with E-state index in [9.17, 15) is 0 Å². The van der Waals surface area contributed by atoms with Gasteiger partial charge >= 0.3 is 0 Å². The average molecular weight is 841 g/mol. The summed E-state index contributed by atoms with van der Waals surface area (Å²) in [6, 6.07) is 21.9. The smallest absolute Gasteiger partial charge is 0.0216 e. The van der Waals surface area contributed by atoms with E-state index in [0.29, 0.717) is 0 Å². The molecule has 0 unspecified atom stereocenters. The highest BCUT2D eigenvalue weighted by atomic mass is 127. The predicted molar refractivity (Wildman–Crippen MR) is 200 cm³/mol. The van der Waals surface area contributed by atoms with Gasteiger partial charge in [0.25, 0.3) is 0 Å². The predicted octanol–water partition coefficient (Wildman–Crippen LogP) is 12.9. The molecule has 0 amide bonds. The summed E-state index contributed by atoms with van der Waals surface area (Å²) in [7, 11) is 0. The summed E-state index contributed by atoms with van der Waals surface area (Å²) in [4.78, 5) is 0. The summed E-state index contributed by atoms with van der Waals surface area (Å²) < 4.78 is 3.87. The van der Waals surface area contributed by atoms with Gasteiger partial charge in [-0.2, -0.15) is 0 Å². The van der Waals surface area contributed by atoms with Gasteiger partial charge in [0.2, 0.25) is 0 Å². The molecule has 4 aromatic carbocycles. The third-order valence-electron chi connectivity index (χ3n) is 11.9. The van der Waals surface area contributed by atoms with Crippen LogP contribution in [0.3, 0.4) is 0 Å². The SMILES string of the molecule is CCC1(CC)c2cc(Br)ccc2-c2c1c1c(c3c2C(CC)(CC)c2cc(I)ccc2-3)C(CC)(CC)c2cc(I)ccc2-1. The van der Waals surface area contributed by atoms with Crippen LogP contribution in [0.5, 0.6) is 0 Å². The Morgan fingerprint density at radius 1 is 0.476 bits per heavy atom. The van der Waals surface area contributed by atoms with Crippen molar-refractivity contribution in [2.45, 2.75) is 96.3 Å². The summed E-state index contributed by atoms with van der Waals surface area (Å²) in [6.45, 7) is 14.6. The maximum Gasteiger partial charge on any atom is 0.0216 e. The molecule has 0 N–H and O–H groups in total. The summed E-state index contributed by atoms with van der Waals surface area (Å²) in [5.41, 5.74) is 18.7. The average Bonchev–Trinajstić information content (AvgIpc) is 3.56. The number of hydrogen-bond donors (Lipinski definition) is 0. The lowest BCUT2D eigenvalue weighted by Crippen LogP contribution is -2.29.